The average Bonchev–Trinajstić information content (AvgIpc) is 2.88. The second kappa shape index (κ2) is 9.84. The summed E-state index contributed by atoms with van der Waals surface area (Å²) in [7, 11) is -1.17. The normalized spacial score (nSPS) is 25.3. The molecule has 2 aliphatic rings. The quantitative estimate of drug-likeness (QED) is 0.455. The molecule has 2 bridgehead atoms. The van der Waals surface area contributed by atoms with E-state index in [1.165, 1.54) is 12.0 Å². The summed E-state index contributed by atoms with van der Waals surface area (Å²) in [5, 5.41) is 9.77. The van der Waals surface area contributed by atoms with Crippen molar-refractivity contribution < 1.29 is 14.6 Å². The Kier molecular flexibility index (Phi) is 8.69. The molecule has 0 amide bonds. The summed E-state index contributed by atoms with van der Waals surface area (Å²) in [5.41, 5.74) is 6.28. The van der Waals surface area contributed by atoms with Crippen LogP contribution in [0.1, 0.15) is 52.4 Å². The first kappa shape index (κ1) is 23.8. The zero-order chi connectivity index (χ0) is 20.8. The Morgan fingerprint density at radius 2 is 2.04 bits per heavy atom. The average molecular weight is 391 g/mol. The fourth-order valence-electron chi connectivity index (χ4n) is 3.66. The van der Waals surface area contributed by atoms with E-state index in [0.29, 0.717) is 25.4 Å². The van der Waals surface area contributed by atoms with Crippen molar-refractivity contribution in [3.8, 4) is 0 Å². The summed E-state index contributed by atoms with van der Waals surface area (Å²) in [6.07, 6.45) is 4.91. The van der Waals surface area contributed by atoms with Crippen LogP contribution in [0.2, 0.25) is 25.7 Å². The molecule has 2 aliphatic heterocycles. The first-order valence-corrected chi connectivity index (χ1v) is 13.7. The topological polar surface area (TPSA) is 46.5 Å². The van der Waals surface area contributed by atoms with Crippen molar-refractivity contribution in [2.45, 2.75) is 95.9 Å². The van der Waals surface area contributed by atoms with Gasteiger partial charge < -0.3 is 14.6 Å². The van der Waals surface area contributed by atoms with E-state index >= 15 is 0 Å². The van der Waals surface area contributed by atoms with Gasteiger partial charge in [-0.2, -0.15) is 0 Å². The van der Waals surface area contributed by atoms with Crippen molar-refractivity contribution in [3.05, 3.63) is 42.2 Å². The van der Waals surface area contributed by atoms with Crippen LogP contribution in [-0.2, 0) is 9.53 Å². The number of ketones is 1. The molecule has 3 atom stereocenters. The second-order valence-electron chi connectivity index (χ2n) is 9.41. The van der Waals surface area contributed by atoms with Gasteiger partial charge in [0, 0.05) is 20.9 Å². The lowest BCUT2D eigenvalue weighted by Gasteiger charge is -2.33. The molecular formula is C23H38O3Si. The Morgan fingerprint density at radius 1 is 1.41 bits per heavy atom. The summed E-state index contributed by atoms with van der Waals surface area (Å²) >= 11 is 0. The van der Waals surface area contributed by atoms with Gasteiger partial charge in [-0.05, 0) is 62.3 Å². The van der Waals surface area contributed by atoms with E-state index < -0.39 is 14.2 Å². The molecule has 2 fully saturated rings. The Morgan fingerprint density at radius 3 is 2.56 bits per heavy atom. The molecule has 27 heavy (non-hydrogen) atoms. The molecule has 0 aromatic heterocycles. The number of aliphatic hydroxyl groups is 1. The minimum Gasteiger partial charge on any atom is -0.393 e. The van der Waals surface area contributed by atoms with Crippen LogP contribution in [-0.4, -0.2) is 36.8 Å². The molecule has 3 unspecified atom stereocenters. The molecule has 0 radical (unpaired) electrons. The van der Waals surface area contributed by atoms with Gasteiger partial charge in [0.2, 0.25) is 0 Å². The van der Waals surface area contributed by atoms with Gasteiger partial charge in [-0.15, -0.1) is 5.73 Å². The minimum atomic E-state index is -1.17. The third-order valence-electron chi connectivity index (χ3n) is 5.21. The van der Waals surface area contributed by atoms with Gasteiger partial charge in [-0.25, -0.2) is 0 Å². The standard InChI is InChI=1S/C13H24O2Si.C10H14O/c1-6-12(10-16(3,4)5)9-13(15)8-7-11(2)14;1-7-6-9-4-5-10(3,11-9)8(7)2/h13,15H,1,7-10H2,2-5H3;9H,1-2,4-6H2,3H3. The Hall–Kier alpha value is -1.19. The summed E-state index contributed by atoms with van der Waals surface area (Å²) in [5.74, 6) is 0.133. The second-order valence-corrected chi connectivity index (χ2v) is 14.9. The minimum absolute atomic E-state index is 0.0694. The summed E-state index contributed by atoms with van der Waals surface area (Å²) in [6, 6.07) is 1.02. The van der Waals surface area contributed by atoms with Crippen molar-refractivity contribution in [2.24, 2.45) is 0 Å². The molecule has 2 saturated heterocycles. The van der Waals surface area contributed by atoms with Crippen molar-refractivity contribution in [2.75, 3.05) is 0 Å². The van der Waals surface area contributed by atoms with Crippen LogP contribution in [0.3, 0.4) is 0 Å². The number of Topliss-reactive ketones (excluding diaryl/α,β-unsaturated/α-hetero) is 1. The molecule has 0 saturated carbocycles. The Labute approximate surface area is 166 Å². The maximum Gasteiger partial charge on any atom is 0.129 e. The number of hydrogen-bond donors (Lipinski definition) is 1. The summed E-state index contributed by atoms with van der Waals surface area (Å²) in [6.45, 7) is 22.2. The molecule has 152 valence electrons. The third kappa shape index (κ3) is 8.14. The number of carbonyl (C=O) groups is 1. The zero-order valence-electron chi connectivity index (χ0n) is 18.0. The van der Waals surface area contributed by atoms with Gasteiger partial charge in [-0.1, -0.05) is 39.4 Å². The fourth-order valence-corrected chi connectivity index (χ4v) is 5.21. The largest absolute Gasteiger partial charge is 0.393 e. The van der Waals surface area contributed by atoms with Crippen LogP contribution in [0, 0.1) is 0 Å². The number of rotatable bonds is 7. The first-order valence-electron chi connectivity index (χ1n) is 9.97. The monoisotopic (exact) mass is 390 g/mol. The molecule has 2 rings (SSSR count). The molecule has 1 N–H and O–H groups in total. The van der Waals surface area contributed by atoms with Gasteiger partial charge in [0.15, 0.2) is 0 Å². The maximum absolute atomic E-state index is 10.8. The highest BCUT2D eigenvalue weighted by Crippen LogP contribution is 2.45. The predicted octanol–water partition coefficient (Wildman–Crippen LogP) is 5.60. The number of ether oxygens (including phenoxy) is 1. The highest BCUT2D eigenvalue weighted by atomic mass is 28.3. The third-order valence-corrected chi connectivity index (χ3v) is 6.70. The Balaban J connectivity index is 0.000000285. The lowest BCUT2D eigenvalue weighted by atomic mass is 9.89. The molecule has 0 aromatic rings. The molecular weight excluding hydrogens is 352 g/mol. The lowest BCUT2D eigenvalue weighted by molar-refractivity contribution is -0.117. The van der Waals surface area contributed by atoms with Crippen molar-refractivity contribution in [3.63, 3.8) is 0 Å². The highest BCUT2D eigenvalue weighted by molar-refractivity contribution is 6.76. The molecule has 0 aliphatic carbocycles. The number of hydrogen-bond acceptors (Lipinski definition) is 3. The smallest absolute Gasteiger partial charge is 0.129 e. The summed E-state index contributed by atoms with van der Waals surface area (Å²) < 4.78 is 5.81. The van der Waals surface area contributed by atoms with Crippen LogP contribution >= 0.6 is 0 Å². The molecule has 0 aromatic carbocycles. The number of carbonyl (C=O) groups excluding carboxylic acids is 1. The van der Waals surface area contributed by atoms with Crippen LogP contribution in [0.25, 0.3) is 0 Å². The van der Waals surface area contributed by atoms with E-state index in [-0.39, 0.29) is 11.4 Å². The molecule has 0 spiro atoms. The van der Waals surface area contributed by atoms with Crippen molar-refractivity contribution in [1.82, 2.24) is 0 Å². The number of fused-ring (bicyclic) bond motifs is 2. The van der Waals surface area contributed by atoms with E-state index in [9.17, 15) is 9.90 Å². The van der Waals surface area contributed by atoms with Gasteiger partial charge in [0.05, 0.1) is 17.8 Å². The van der Waals surface area contributed by atoms with Gasteiger partial charge >= 0.3 is 0 Å². The van der Waals surface area contributed by atoms with Crippen LogP contribution in [0.5, 0.6) is 0 Å². The zero-order valence-corrected chi connectivity index (χ0v) is 19.0. The van der Waals surface area contributed by atoms with Gasteiger partial charge in [-0.3, -0.25) is 0 Å². The number of aliphatic hydroxyl groups excluding tert-OH is 1. The van der Waals surface area contributed by atoms with E-state index in [0.717, 1.165) is 30.0 Å². The van der Waals surface area contributed by atoms with E-state index in [1.807, 2.05) is 0 Å². The van der Waals surface area contributed by atoms with Crippen LogP contribution in [0.4, 0.5) is 0 Å². The highest BCUT2D eigenvalue weighted by Gasteiger charge is 2.43. The van der Waals surface area contributed by atoms with Gasteiger partial charge in [0.25, 0.3) is 0 Å². The fraction of sp³-hybridized carbons (Fsp3) is 0.652. The predicted molar refractivity (Wildman–Crippen MR) is 117 cm³/mol. The first-order chi connectivity index (χ1) is 12.4. The SMILES string of the molecule is C=C1CC2CCC(C)(O2)C1=C.C=C=C(CC(O)CCC(C)=O)C[Si](C)(C)C. The van der Waals surface area contributed by atoms with E-state index in [1.54, 1.807) is 6.92 Å². The van der Waals surface area contributed by atoms with Crippen molar-refractivity contribution in [1.29, 1.82) is 0 Å². The van der Waals surface area contributed by atoms with Crippen LogP contribution < -0.4 is 0 Å². The summed E-state index contributed by atoms with van der Waals surface area (Å²) in [4.78, 5) is 10.8. The maximum atomic E-state index is 10.8. The molecule has 3 nitrogen and oxygen atoms in total. The van der Waals surface area contributed by atoms with Gasteiger partial charge in [0.1, 0.15) is 5.78 Å². The van der Waals surface area contributed by atoms with E-state index in [4.69, 9.17) is 4.74 Å². The van der Waals surface area contributed by atoms with E-state index in [2.05, 4.69) is 52.0 Å². The molecule has 4 heteroatoms. The van der Waals surface area contributed by atoms with Crippen molar-refractivity contribution >= 4 is 13.9 Å². The van der Waals surface area contributed by atoms with Crippen LogP contribution in [0.15, 0.2) is 42.2 Å². The molecule has 2 heterocycles. The Bertz CT molecular complexity index is 622. The lowest BCUT2D eigenvalue weighted by Crippen LogP contribution is -2.32.